The van der Waals surface area contributed by atoms with Gasteiger partial charge in [-0.1, -0.05) is 107 Å². The highest BCUT2D eigenvalue weighted by atomic mass is 32.2. The molecule has 4 heterocycles. The number of rotatable bonds is 21. The molecule has 3 fully saturated rings. The van der Waals surface area contributed by atoms with Crippen molar-refractivity contribution in [3.63, 3.8) is 0 Å². The van der Waals surface area contributed by atoms with Crippen LogP contribution in [0, 0.1) is 5.92 Å². The van der Waals surface area contributed by atoms with Crippen molar-refractivity contribution in [3.05, 3.63) is 161 Å². The lowest BCUT2D eigenvalue weighted by Gasteiger charge is -2.52. The van der Waals surface area contributed by atoms with E-state index >= 15 is 0 Å². The molecule has 20 heteroatoms. The number of hydrogen-bond acceptors (Lipinski definition) is 12. The van der Waals surface area contributed by atoms with Gasteiger partial charge >= 0.3 is 18.1 Å². The Hall–Kier alpha value is -7.29. The van der Waals surface area contributed by atoms with E-state index in [0.29, 0.717) is 87.5 Å². The SMILES string of the molecule is CCCCN1C(=O)[C@@H]([C@H](O)C2CCCCC2)NC(=O)C12CCN(Cc1ccc(Oc3ccc(C(=O)O)cc3)cc1)CC2.CCC[C@@]1(CCc2ccccc2)CC(O)=C([C@H](CC)c2cccc(NS(=O)(=O)c3ccc(C(F)(F)F)cn3)c2)C(=O)O1. The number of sulfonamides is 1. The molecule has 84 heavy (non-hydrogen) atoms. The van der Waals surface area contributed by atoms with Gasteiger partial charge in [0, 0.05) is 50.4 Å². The predicted octanol–water partition coefficient (Wildman–Crippen LogP) is 11.9. The van der Waals surface area contributed by atoms with E-state index < -0.39 is 67.9 Å². The highest BCUT2D eigenvalue weighted by molar-refractivity contribution is 7.92. The number of carbonyl (C=O) groups excluding carboxylic acids is 3. The van der Waals surface area contributed by atoms with Crippen LogP contribution in [0.3, 0.4) is 0 Å². The number of esters is 1. The molecule has 4 atom stereocenters. The van der Waals surface area contributed by atoms with Crippen LogP contribution in [0.25, 0.3) is 0 Å². The number of anilines is 1. The number of carboxylic acids is 1. The molecule has 0 radical (unpaired) electrons. The van der Waals surface area contributed by atoms with Gasteiger partial charge in [0.25, 0.3) is 10.0 Å². The number of nitrogens with zero attached hydrogens (tertiary/aromatic N) is 3. The topological polar surface area (TPSA) is 225 Å². The van der Waals surface area contributed by atoms with E-state index in [4.69, 9.17) is 14.6 Å². The number of carboxylic acid groups (broad SMARTS) is 1. The van der Waals surface area contributed by atoms with Crippen LogP contribution in [-0.4, -0.2) is 105 Å². The van der Waals surface area contributed by atoms with Gasteiger partial charge < -0.3 is 35.0 Å². The molecule has 1 spiro atoms. The van der Waals surface area contributed by atoms with Crippen LogP contribution < -0.4 is 14.8 Å². The lowest BCUT2D eigenvalue weighted by atomic mass is 9.78. The highest BCUT2D eigenvalue weighted by Gasteiger charge is 2.55. The molecule has 450 valence electrons. The van der Waals surface area contributed by atoms with Gasteiger partial charge in [-0.3, -0.25) is 19.2 Å². The molecule has 0 bridgehead atoms. The maximum atomic E-state index is 13.8. The molecule has 2 saturated heterocycles. The summed E-state index contributed by atoms with van der Waals surface area (Å²) in [6.07, 6.45) is 6.15. The number of aryl methyl sites for hydroxylation is 1. The zero-order chi connectivity index (χ0) is 60.2. The fourth-order valence-electron chi connectivity index (χ4n) is 12.1. The smallest absolute Gasteiger partial charge is 0.417 e. The third-order valence-corrected chi connectivity index (χ3v) is 18.0. The van der Waals surface area contributed by atoms with Crippen LogP contribution in [0.1, 0.15) is 149 Å². The van der Waals surface area contributed by atoms with E-state index in [1.54, 1.807) is 24.3 Å². The number of amides is 2. The molecule has 16 nitrogen and oxygen atoms in total. The van der Waals surface area contributed by atoms with Gasteiger partial charge in [0.05, 0.1) is 22.8 Å². The number of likely N-dealkylation sites (tertiary alicyclic amines) is 1. The first-order valence-corrected chi connectivity index (χ1v) is 30.6. The van der Waals surface area contributed by atoms with E-state index in [-0.39, 0.29) is 46.7 Å². The van der Waals surface area contributed by atoms with Crippen molar-refractivity contribution >= 4 is 39.5 Å². The van der Waals surface area contributed by atoms with E-state index in [2.05, 4.69) is 26.8 Å². The van der Waals surface area contributed by atoms with Crippen LogP contribution in [0.5, 0.6) is 11.5 Å². The number of pyridine rings is 1. The molecule has 4 aliphatic rings. The number of hydrogen-bond donors (Lipinski definition) is 5. The molecule has 1 aliphatic carbocycles. The number of cyclic esters (lactones) is 1. The average molecular weight is 1180 g/mol. The minimum absolute atomic E-state index is 0.0421. The maximum Gasteiger partial charge on any atom is 0.417 e. The van der Waals surface area contributed by atoms with Gasteiger partial charge in [0.15, 0.2) is 5.03 Å². The van der Waals surface area contributed by atoms with Gasteiger partial charge in [-0.05, 0) is 141 Å². The Bertz CT molecular complexity index is 3210. The van der Waals surface area contributed by atoms with Crippen LogP contribution in [0.4, 0.5) is 18.9 Å². The van der Waals surface area contributed by atoms with Gasteiger partial charge in [-0.2, -0.15) is 21.6 Å². The van der Waals surface area contributed by atoms with Crippen molar-refractivity contribution in [1.82, 2.24) is 20.1 Å². The number of aromatic carboxylic acids is 1. The van der Waals surface area contributed by atoms with Gasteiger partial charge in [0.2, 0.25) is 11.8 Å². The molecular formula is C64H76F3N5O11S. The zero-order valence-electron chi connectivity index (χ0n) is 47.8. The predicted molar refractivity (Wildman–Crippen MR) is 311 cm³/mol. The summed E-state index contributed by atoms with van der Waals surface area (Å²) in [4.78, 5) is 59.6. The summed E-state index contributed by atoms with van der Waals surface area (Å²) in [6.45, 7) is 8.55. The summed E-state index contributed by atoms with van der Waals surface area (Å²) in [5.41, 5.74) is 0.486. The summed E-state index contributed by atoms with van der Waals surface area (Å²) in [6, 6.07) is 30.8. The molecule has 4 aromatic carbocycles. The van der Waals surface area contributed by atoms with E-state index in [9.17, 15) is 51.0 Å². The molecule has 1 aromatic heterocycles. The number of ether oxygens (including phenoxy) is 2. The minimum Gasteiger partial charge on any atom is -0.512 e. The van der Waals surface area contributed by atoms with Crippen molar-refractivity contribution < 1.29 is 65.6 Å². The van der Waals surface area contributed by atoms with Crippen molar-refractivity contribution in [3.8, 4) is 11.5 Å². The Kier molecular flexibility index (Phi) is 20.6. The molecule has 0 unspecified atom stereocenters. The van der Waals surface area contributed by atoms with E-state index in [0.717, 1.165) is 68.7 Å². The first kappa shape index (κ1) is 62.7. The molecule has 2 amide bonds. The lowest BCUT2D eigenvalue weighted by Crippen LogP contribution is -2.75. The number of aromatic nitrogens is 1. The quantitative estimate of drug-likeness (QED) is 0.0432. The first-order chi connectivity index (χ1) is 40.2. The largest absolute Gasteiger partial charge is 0.512 e. The summed E-state index contributed by atoms with van der Waals surface area (Å²) < 4.78 is 78.5. The zero-order valence-corrected chi connectivity index (χ0v) is 48.6. The van der Waals surface area contributed by atoms with Crippen LogP contribution >= 0.6 is 0 Å². The fourth-order valence-corrected chi connectivity index (χ4v) is 13.1. The van der Waals surface area contributed by atoms with Gasteiger partial charge in [0.1, 0.15) is 34.4 Å². The Morgan fingerprint density at radius 1 is 0.857 bits per heavy atom. The fraction of sp³-hybridized carbons (Fsp3) is 0.453. The second-order valence-corrected chi connectivity index (χ2v) is 24.1. The average Bonchev–Trinajstić information content (AvgIpc) is 2.40. The van der Waals surface area contributed by atoms with Crippen LogP contribution in [0.15, 0.2) is 138 Å². The molecular weight excluding hydrogens is 1100 g/mol. The Morgan fingerprint density at radius 2 is 1.54 bits per heavy atom. The number of aliphatic hydroxyl groups excluding tert-OH is 2. The maximum absolute atomic E-state index is 13.8. The normalized spacial score (nSPS) is 20.3. The molecule has 5 N–H and O–H groups in total. The second-order valence-electron chi connectivity index (χ2n) is 22.5. The summed E-state index contributed by atoms with van der Waals surface area (Å²) in [7, 11) is -4.30. The highest BCUT2D eigenvalue weighted by Crippen LogP contribution is 2.43. The minimum atomic E-state index is -4.65. The number of piperidine rings is 1. The monoisotopic (exact) mass is 1180 g/mol. The Labute approximate surface area is 489 Å². The van der Waals surface area contributed by atoms with Gasteiger partial charge in [-0.25, -0.2) is 14.6 Å². The number of halogens is 3. The van der Waals surface area contributed by atoms with Gasteiger partial charge in [-0.15, -0.1) is 0 Å². The number of aliphatic hydroxyl groups is 2. The second kappa shape index (κ2) is 27.6. The van der Waals surface area contributed by atoms with Crippen molar-refractivity contribution in [1.29, 1.82) is 0 Å². The van der Waals surface area contributed by atoms with Crippen molar-refractivity contribution in [2.45, 2.75) is 164 Å². The summed E-state index contributed by atoms with van der Waals surface area (Å²) in [5, 5.41) is 33.8. The van der Waals surface area contributed by atoms with E-state index in [1.807, 2.05) is 73.3 Å². The van der Waals surface area contributed by atoms with E-state index in [1.165, 1.54) is 30.7 Å². The third-order valence-electron chi connectivity index (χ3n) is 16.7. The Balaban J connectivity index is 0.000000219. The summed E-state index contributed by atoms with van der Waals surface area (Å²) >= 11 is 0. The third kappa shape index (κ3) is 15.1. The number of carbonyl (C=O) groups is 4. The Morgan fingerprint density at radius 3 is 2.13 bits per heavy atom. The van der Waals surface area contributed by atoms with Crippen LogP contribution in [-0.2, 0) is 48.3 Å². The number of alkyl halides is 3. The lowest BCUT2D eigenvalue weighted by molar-refractivity contribution is -0.166. The number of unbranched alkanes of at least 4 members (excludes halogenated alkanes) is 1. The molecule has 1 saturated carbocycles. The standard InChI is InChI=1S/C33H43N3O6.C31H33F3N2O5S/c1-2-3-19-36-30(38)28(29(37)24-7-5-4-6-8-24)34-32(41)33(36)17-20-35(21-18-33)22-23-9-13-26(14-10-23)42-27-15-11-25(12-16-27)31(39)40;1-3-16-30(17-15-21-9-6-5-7-10-21)19-26(37)28(29(38)41-30)25(4-2)22-11-8-12-24(18-22)36-42(39,40)27-14-13-23(20-35-27)31(32,33)34/h9-16,24,28-29,37H,2-8,17-22H2,1H3,(H,34,41)(H,39,40);5-14,18,20,25,36-37H,3-4,15-17,19H2,1-2H3/t28-,29-;25-,30-/m11/s1. The van der Waals surface area contributed by atoms with Crippen molar-refractivity contribution in [2.24, 2.45) is 5.92 Å². The molecule has 3 aliphatic heterocycles. The number of nitrogens with one attached hydrogen (secondary N) is 2. The first-order valence-electron chi connectivity index (χ1n) is 29.2. The summed E-state index contributed by atoms with van der Waals surface area (Å²) in [5.74, 6) is -1.16. The van der Waals surface area contributed by atoms with Crippen LogP contribution in [0.2, 0.25) is 0 Å². The molecule has 9 rings (SSSR count). The number of piperazine rings is 1. The molecule has 5 aromatic rings. The van der Waals surface area contributed by atoms with Crippen molar-refractivity contribution in [2.75, 3.05) is 24.4 Å². The number of benzene rings is 4.